The largest absolute Gasteiger partial charge is 0.748 e. The van der Waals surface area contributed by atoms with E-state index in [4.69, 9.17) is 9.26 Å². The summed E-state index contributed by atoms with van der Waals surface area (Å²) in [7, 11) is -9.33. The second-order valence-electron chi connectivity index (χ2n) is 9.41. The van der Waals surface area contributed by atoms with Crippen molar-refractivity contribution < 1.29 is 55.8 Å². The second-order valence-corrected chi connectivity index (χ2v) is 12.1. The number of carbonyl (C=O) groups excluding carboxylic acids is 1. The van der Waals surface area contributed by atoms with Crippen molar-refractivity contribution in [2.45, 2.75) is 33.2 Å². The molecule has 216 valence electrons. The lowest BCUT2D eigenvalue weighted by Crippen LogP contribution is -2.37. The molecule has 1 aromatic heterocycles. The number of ether oxygens (including phenoxy) is 1. The molecule has 0 atom stereocenters. The van der Waals surface area contributed by atoms with Crippen LogP contribution in [0.1, 0.15) is 44.7 Å². The number of benzene rings is 3. The van der Waals surface area contributed by atoms with Gasteiger partial charge in [0.05, 0.1) is 32.0 Å². The molecule has 0 fully saturated rings. The molecule has 12 nitrogen and oxygen atoms in total. The van der Waals surface area contributed by atoms with E-state index in [1.807, 2.05) is 0 Å². The average Bonchev–Trinajstić information content (AvgIpc) is 2.86. The van der Waals surface area contributed by atoms with Gasteiger partial charge in [0.2, 0.25) is 11.0 Å². The predicted octanol–water partition coefficient (Wildman–Crippen LogP) is 3.61. The minimum atomic E-state index is -4.94. The molecule has 4 rings (SSSR count). The minimum absolute atomic E-state index is 0.0282. The van der Waals surface area contributed by atoms with Crippen molar-refractivity contribution in [2.24, 2.45) is 0 Å². The molecule has 0 aliphatic rings. The van der Waals surface area contributed by atoms with E-state index in [9.17, 15) is 42.0 Å². The van der Waals surface area contributed by atoms with Gasteiger partial charge in [0, 0.05) is 24.3 Å². The monoisotopic (exact) mass is 603 g/mol. The fourth-order valence-corrected chi connectivity index (χ4v) is 5.67. The summed E-state index contributed by atoms with van der Waals surface area (Å²) in [5, 5.41) is 10.0. The Bertz CT molecular complexity index is 1820. The van der Waals surface area contributed by atoms with Gasteiger partial charge in [0.25, 0.3) is 0 Å². The normalized spacial score (nSPS) is 12.0. The summed E-state index contributed by atoms with van der Waals surface area (Å²) in [5.74, 6) is -2.52. The zero-order valence-corrected chi connectivity index (χ0v) is 23.6. The van der Waals surface area contributed by atoms with Crippen molar-refractivity contribution in [3.8, 4) is 11.5 Å². The summed E-state index contributed by atoms with van der Waals surface area (Å²) in [4.78, 5) is 43.9. The van der Waals surface area contributed by atoms with E-state index in [1.165, 1.54) is 30.3 Å². The van der Waals surface area contributed by atoms with E-state index in [-0.39, 0.29) is 41.0 Å². The number of esters is 1. The molecule has 0 saturated heterocycles. The molecule has 0 radical (unpaired) electrons. The zero-order valence-electron chi connectivity index (χ0n) is 21.9. The van der Waals surface area contributed by atoms with Crippen LogP contribution in [0, 0.1) is 13.8 Å². The molecule has 0 unspecified atom stereocenters. The molecule has 0 amide bonds. The SMILES string of the molecule is Cc1cc(C(=O)O)cc(C)c1OC(=O)c1c2ccccc2[n+](CCCCS(=O)(=O)[O-])c2ccc(OP(=O)(O)O)cc12. The van der Waals surface area contributed by atoms with Crippen LogP contribution >= 0.6 is 7.82 Å². The average molecular weight is 604 g/mol. The number of pyridine rings is 1. The molecule has 3 N–H and O–H groups in total. The molecule has 0 spiro atoms. The highest BCUT2D eigenvalue weighted by Gasteiger charge is 2.28. The van der Waals surface area contributed by atoms with Gasteiger partial charge in [-0.2, -0.15) is 4.57 Å². The molecule has 0 saturated carbocycles. The van der Waals surface area contributed by atoms with Crippen LogP contribution in [0.15, 0.2) is 54.6 Å². The number of aromatic carboxylic acids is 1. The number of fused-ring (bicyclic) bond motifs is 2. The Labute approximate surface area is 234 Å². The fraction of sp³-hybridized carbons (Fsp3) is 0.222. The van der Waals surface area contributed by atoms with Gasteiger partial charge in [-0.15, -0.1) is 0 Å². The third-order valence-electron chi connectivity index (χ3n) is 6.35. The van der Waals surface area contributed by atoms with Gasteiger partial charge in [-0.25, -0.2) is 22.6 Å². The summed E-state index contributed by atoms with van der Waals surface area (Å²) in [6.45, 7) is 3.46. The van der Waals surface area contributed by atoms with Gasteiger partial charge < -0.3 is 18.9 Å². The Balaban J connectivity index is 1.90. The van der Waals surface area contributed by atoms with E-state index < -0.39 is 35.6 Å². The Morgan fingerprint density at radius 2 is 1.59 bits per heavy atom. The molecule has 0 bridgehead atoms. The van der Waals surface area contributed by atoms with Crippen LogP contribution in [-0.2, 0) is 21.2 Å². The van der Waals surface area contributed by atoms with Crippen LogP contribution in [-0.4, -0.2) is 45.6 Å². The zero-order chi connectivity index (χ0) is 30.1. The molecule has 1 heterocycles. The maximum atomic E-state index is 13.8. The van der Waals surface area contributed by atoms with E-state index in [1.54, 1.807) is 42.7 Å². The van der Waals surface area contributed by atoms with Crippen molar-refractivity contribution in [1.29, 1.82) is 0 Å². The van der Waals surface area contributed by atoms with Crippen LogP contribution in [0.2, 0.25) is 0 Å². The number of carboxylic acids is 1. The minimum Gasteiger partial charge on any atom is -0.748 e. The highest BCUT2D eigenvalue weighted by Crippen LogP contribution is 2.39. The lowest BCUT2D eigenvalue weighted by Gasteiger charge is -2.15. The molecular weight excluding hydrogens is 577 g/mol. The number of unbranched alkanes of at least 4 members (excludes halogenated alkanes) is 1. The Morgan fingerprint density at radius 1 is 0.951 bits per heavy atom. The van der Waals surface area contributed by atoms with Crippen molar-refractivity contribution in [3.05, 3.63) is 76.9 Å². The number of carbonyl (C=O) groups is 2. The fourth-order valence-electron chi connectivity index (χ4n) is 4.73. The second kappa shape index (κ2) is 11.6. The van der Waals surface area contributed by atoms with Crippen LogP contribution < -0.4 is 13.8 Å². The van der Waals surface area contributed by atoms with Crippen molar-refractivity contribution in [3.63, 3.8) is 0 Å². The topological polar surface area (TPSA) is 191 Å². The molecule has 41 heavy (non-hydrogen) atoms. The summed E-state index contributed by atoms with van der Waals surface area (Å²) in [6, 6.07) is 13.7. The number of para-hydroxylation sites is 1. The van der Waals surface area contributed by atoms with Gasteiger partial charge in [-0.3, -0.25) is 9.79 Å². The number of phosphoric acid groups is 1. The van der Waals surface area contributed by atoms with Gasteiger partial charge >= 0.3 is 19.8 Å². The Hall–Kier alpha value is -3.87. The van der Waals surface area contributed by atoms with Crippen LogP contribution in [0.5, 0.6) is 11.5 Å². The highest BCUT2D eigenvalue weighted by atomic mass is 32.2. The molecule has 14 heteroatoms. The summed E-state index contributed by atoms with van der Waals surface area (Å²) in [5.41, 5.74) is 1.94. The van der Waals surface area contributed by atoms with Crippen LogP contribution in [0.4, 0.5) is 0 Å². The number of hydrogen-bond acceptors (Lipinski definition) is 8. The van der Waals surface area contributed by atoms with Crippen molar-refractivity contribution in [1.82, 2.24) is 0 Å². The lowest BCUT2D eigenvalue weighted by atomic mass is 10.0. The maximum Gasteiger partial charge on any atom is 0.524 e. The van der Waals surface area contributed by atoms with Gasteiger partial charge in [-0.05, 0) is 61.7 Å². The molecular formula is C27H26NO11PS. The number of aryl methyl sites for hydroxylation is 3. The number of carboxylic acid groups (broad SMARTS) is 1. The van der Waals surface area contributed by atoms with Gasteiger partial charge in [0.15, 0.2) is 0 Å². The van der Waals surface area contributed by atoms with Crippen molar-refractivity contribution in [2.75, 3.05) is 5.75 Å². The van der Waals surface area contributed by atoms with E-state index in [0.29, 0.717) is 34.0 Å². The third-order valence-corrected chi connectivity index (χ3v) is 7.59. The highest BCUT2D eigenvalue weighted by molar-refractivity contribution is 7.85. The van der Waals surface area contributed by atoms with Gasteiger partial charge in [-0.1, -0.05) is 12.1 Å². The standard InChI is InChI=1S/C27H26NO11PS/c1-16-13-18(26(29)30)14-17(2)25(16)38-27(31)24-20-7-3-4-8-22(20)28(11-5-6-12-41(35,36)37)23-10-9-19(15-21(23)24)39-40(32,33)34/h3-4,7-10,13-15H,5-6,11-12H2,1-2H3,(H3-,29,30,32,33,34,35,36,37). The number of rotatable bonds is 10. The summed E-state index contributed by atoms with van der Waals surface area (Å²) in [6.07, 6.45) is 0.410. The van der Waals surface area contributed by atoms with Crippen molar-refractivity contribution >= 4 is 51.7 Å². The first kappa shape index (κ1) is 30.1. The Kier molecular flexibility index (Phi) is 8.48. The van der Waals surface area contributed by atoms with E-state index >= 15 is 0 Å². The predicted molar refractivity (Wildman–Crippen MR) is 146 cm³/mol. The lowest BCUT2D eigenvalue weighted by molar-refractivity contribution is -0.645. The number of nitrogens with zero attached hydrogens (tertiary/aromatic N) is 1. The third kappa shape index (κ3) is 7.07. The van der Waals surface area contributed by atoms with Gasteiger partial charge in [0.1, 0.15) is 18.0 Å². The Morgan fingerprint density at radius 3 is 2.20 bits per heavy atom. The van der Waals surface area contributed by atoms with E-state index in [2.05, 4.69) is 0 Å². The summed E-state index contributed by atoms with van der Waals surface area (Å²) < 4.78 is 57.1. The quantitative estimate of drug-likeness (QED) is 0.0456. The first-order chi connectivity index (χ1) is 19.1. The smallest absolute Gasteiger partial charge is 0.524 e. The van der Waals surface area contributed by atoms with Crippen LogP contribution in [0.25, 0.3) is 21.8 Å². The number of aromatic nitrogens is 1. The molecule has 3 aromatic carbocycles. The molecule has 4 aromatic rings. The first-order valence-corrected chi connectivity index (χ1v) is 15.4. The summed E-state index contributed by atoms with van der Waals surface area (Å²) >= 11 is 0. The number of hydrogen-bond donors (Lipinski definition) is 3. The maximum absolute atomic E-state index is 13.8. The van der Waals surface area contributed by atoms with E-state index in [0.717, 1.165) is 0 Å². The first-order valence-electron chi connectivity index (χ1n) is 12.3. The number of phosphoric ester groups is 1. The molecule has 0 aliphatic heterocycles. The molecule has 0 aliphatic carbocycles. The van der Waals surface area contributed by atoms with Crippen LogP contribution in [0.3, 0.4) is 0 Å².